The number of hydrogen-bond acceptors (Lipinski definition) is 5. The average Bonchev–Trinajstić information content (AvgIpc) is 3.18. The molecule has 0 radical (unpaired) electrons. The smallest absolute Gasteiger partial charge is 0.265 e. The van der Waals surface area contributed by atoms with Gasteiger partial charge in [0.1, 0.15) is 5.69 Å². The molecular weight excluding hydrogens is 306 g/mol. The highest BCUT2D eigenvalue weighted by Crippen LogP contribution is 2.18. The fraction of sp³-hybridized carbons (Fsp3) is 0.294. The van der Waals surface area contributed by atoms with Crippen molar-refractivity contribution >= 4 is 5.91 Å². The Morgan fingerprint density at radius 2 is 2.04 bits per heavy atom. The molecule has 0 atom stereocenters. The summed E-state index contributed by atoms with van der Waals surface area (Å²) in [7, 11) is 1.82. The molecule has 0 bridgehead atoms. The van der Waals surface area contributed by atoms with E-state index in [1.54, 1.807) is 4.68 Å². The van der Waals surface area contributed by atoms with E-state index in [4.69, 9.17) is 4.42 Å². The first-order chi connectivity index (χ1) is 11.6. The van der Waals surface area contributed by atoms with Gasteiger partial charge in [0.2, 0.25) is 11.8 Å². The van der Waals surface area contributed by atoms with Crippen molar-refractivity contribution < 1.29 is 9.21 Å². The maximum Gasteiger partial charge on any atom is 0.265 e. The summed E-state index contributed by atoms with van der Waals surface area (Å²) < 4.78 is 7.31. The summed E-state index contributed by atoms with van der Waals surface area (Å²) in [5.74, 6) is 0.812. The number of carbonyl (C=O) groups excluding carboxylic acids is 1. The largest absolute Gasteiger partial charge is 0.419 e. The van der Waals surface area contributed by atoms with Gasteiger partial charge >= 0.3 is 0 Å². The summed E-state index contributed by atoms with van der Waals surface area (Å²) in [5.41, 5.74) is 2.71. The number of amides is 1. The Morgan fingerprint density at radius 3 is 2.75 bits per heavy atom. The fourth-order valence-electron chi connectivity index (χ4n) is 2.37. The second-order valence-electron chi connectivity index (χ2n) is 5.56. The van der Waals surface area contributed by atoms with E-state index < -0.39 is 0 Å². The third-order valence-corrected chi connectivity index (χ3v) is 3.59. The highest BCUT2D eigenvalue weighted by atomic mass is 16.4. The Labute approximate surface area is 139 Å². The molecular formula is C17H19N5O2. The lowest BCUT2D eigenvalue weighted by atomic mass is 10.2. The van der Waals surface area contributed by atoms with Crippen molar-refractivity contribution in [3.63, 3.8) is 0 Å². The number of benzene rings is 1. The van der Waals surface area contributed by atoms with Gasteiger partial charge in [-0.05, 0) is 18.6 Å². The normalized spacial score (nSPS) is 10.8. The van der Waals surface area contributed by atoms with Crippen LogP contribution in [0.25, 0.3) is 11.6 Å². The Hall–Kier alpha value is -2.96. The Balaban J connectivity index is 1.52. The predicted molar refractivity (Wildman–Crippen MR) is 87.8 cm³/mol. The number of carbonyl (C=O) groups is 1. The molecule has 2 aromatic heterocycles. The molecule has 0 saturated heterocycles. The van der Waals surface area contributed by atoms with E-state index in [1.807, 2.05) is 50.4 Å². The SMILES string of the molecule is Cc1cc(-c2nnc(CCC(=O)NCc3ccccc3)o2)n(C)n1. The fourth-order valence-corrected chi connectivity index (χ4v) is 2.37. The van der Waals surface area contributed by atoms with E-state index in [-0.39, 0.29) is 5.91 Å². The molecule has 0 fully saturated rings. The number of nitrogens with one attached hydrogen (secondary N) is 1. The first kappa shape index (κ1) is 15.9. The van der Waals surface area contributed by atoms with Gasteiger partial charge < -0.3 is 9.73 Å². The standard InChI is InChI=1S/C17H19N5O2/c1-12-10-14(22(2)21-12)17-20-19-16(24-17)9-8-15(23)18-11-13-6-4-3-5-7-13/h3-7,10H,8-9,11H2,1-2H3,(H,18,23). The molecule has 1 aromatic carbocycles. The van der Waals surface area contributed by atoms with Crippen molar-refractivity contribution in [3.8, 4) is 11.6 Å². The van der Waals surface area contributed by atoms with Crippen molar-refractivity contribution in [2.45, 2.75) is 26.3 Å². The molecule has 0 aliphatic rings. The molecule has 3 rings (SSSR count). The minimum atomic E-state index is -0.0463. The molecule has 0 aliphatic heterocycles. The van der Waals surface area contributed by atoms with E-state index in [2.05, 4.69) is 20.6 Å². The van der Waals surface area contributed by atoms with E-state index in [0.29, 0.717) is 31.2 Å². The number of hydrogen-bond donors (Lipinski definition) is 1. The van der Waals surface area contributed by atoms with Crippen LogP contribution in [-0.2, 0) is 24.8 Å². The average molecular weight is 325 g/mol. The first-order valence-corrected chi connectivity index (χ1v) is 7.76. The molecule has 0 spiro atoms. The van der Waals surface area contributed by atoms with E-state index in [1.165, 1.54) is 0 Å². The van der Waals surface area contributed by atoms with Gasteiger partial charge in [-0.3, -0.25) is 9.48 Å². The predicted octanol–water partition coefficient (Wildman–Crippen LogP) is 2.03. The minimum Gasteiger partial charge on any atom is -0.419 e. The summed E-state index contributed by atoms with van der Waals surface area (Å²) in [4.78, 5) is 11.9. The summed E-state index contributed by atoms with van der Waals surface area (Å²) in [6.07, 6.45) is 0.712. The van der Waals surface area contributed by atoms with Crippen LogP contribution in [0.2, 0.25) is 0 Å². The molecule has 0 aliphatic carbocycles. The van der Waals surface area contributed by atoms with E-state index in [0.717, 1.165) is 17.0 Å². The van der Waals surface area contributed by atoms with E-state index >= 15 is 0 Å². The second-order valence-corrected chi connectivity index (χ2v) is 5.56. The zero-order valence-electron chi connectivity index (χ0n) is 13.7. The van der Waals surface area contributed by atoms with Crippen molar-refractivity contribution in [2.75, 3.05) is 0 Å². The molecule has 7 nitrogen and oxygen atoms in total. The van der Waals surface area contributed by atoms with Crippen LogP contribution in [0.3, 0.4) is 0 Å². The molecule has 0 saturated carbocycles. The van der Waals surface area contributed by atoms with Crippen LogP contribution in [0.5, 0.6) is 0 Å². The number of rotatable bonds is 6. The van der Waals surface area contributed by atoms with Crippen LogP contribution in [0, 0.1) is 6.92 Å². The first-order valence-electron chi connectivity index (χ1n) is 7.76. The van der Waals surface area contributed by atoms with Gasteiger partial charge in [-0.15, -0.1) is 10.2 Å². The lowest BCUT2D eigenvalue weighted by Crippen LogP contribution is -2.22. The lowest BCUT2D eigenvalue weighted by Gasteiger charge is -2.03. The van der Waals surface area contributed by atoms with Crippen molar-refractivity contribution in [1.29, 1.82) is 0 Å². The number of aryl methyl sites for hydroxylation is 3. The van der Waals surface area contributed by atoms with Crippen molar-refractivity contribution in [2.24, 2.45) is 7.05 Å². The third-order valence-electron chi connectivity index (χ3n) is 3.59. The summed E-state index contributed by atoms with van der Waals surface area (Å²) in [6, 6.07) is 11.7. The molecule has 1 amide bonds. The van der Waals surface area contributed by atoms with E-state index in [9.17, 15) is 4.79 Å². The summed E-state index contributed by atoms with van der Waals surface area (Å²) in [5, 5.41) is 15.1. The van der Waals surface area contributed by atoms with Gasteiger partial charge in [-0.1, -0.05) is 30.3 Å². The number of nitrogens with zero attached hydrogens (tertiary/aromatic N) is 4. The van der Waals surface area contributed by atoms with Crippen molar-refractivity contribution in [3.05, 3.63) is 53.5 Å². The van der Waals surface area contributed by atoms with Crippen LogP contribution < -0.4 is 5.32 Å². The Morgan fingerprint density at radius 1 is 1.25 bits per heavy atom. The number of aromatic nitrogens is 4. The molecule has 7 heteroatoms. The van der Waals surface area contributed by atoms with Crippen LogP contribution in [0.4, 0.5) is 0 Å². The van der Waals surface area contributed by atoms with Crippen LogP contribution in [0.1, 0.15) is 23.6 Å². The highest BCUT2D eigenvalue weighted by molar-refractivity contribution is 5.76. The zero-order chi connectivity index (χ0) is 16.9. The Kier molecular flexibility index (Phi) is 4.69. The molecule has 1 N–H and O–H groups in total. The molecule has 2 heterocycles. The van der Waals surface area contributed by atoms with Gasteiger partial charge in [0.15, 0.2) is 0 Å². The molecule has 24 heavy (non-hydrogen) atoms. The topological polar surface area (TPSA) is 85.8 Å². The van der Waals surface area contributed by atoms with Gasteiger partial charge in [0.05, 0.1) is 5.69 Å². The molecule has 124 valence electrons. The van der Waals surface area contributed by atoms with Crippen LogP contribution in [0.15, 0.2) is 40.8 Å². The highest BCUT2D eigenvalue weighted by Gasteiger charge is 2.14. The van der Waals surface area contributed by atoms with Crippen LogP contribution >= 0.6 is 0 Å². The van der Waals surface area contributed by atoms with Gasteiger partial charge in [-0.25, -0.2) is 0 Å². The monoisotopic (exact) mass is 325 g/mol. The lowest BCUT2D eigenvalue weighted by molar-refractivity contribution is -0.121. The summed E-state index contributed by atoms with van der Waals surface area (Å²) >= 11 is 0. The third kappa shape index (κ3) is 3.87. The van der Waals surface area contributed by atoms with Gasteiger partial charge in [0.25, 0.3) is 5.89 Å². The quantitative estimate of drug-likeness (QED) is 0.749. The van der Waals surface area contributed by atoms with Gasteiger partial charge in [-0.2, -0.15) is 5.10 Å². The summed E-state index contributed by atoms with van der Waals surface area (Å²) in [6.45, 7) is 2.42. The second kappa shape index (κ2) is 7.08. The maximum atomic E-state index is 11.9. The van der Waals surface area contributed by atoms with Crippen LogP contribution in [-0.4, -0.2) is 25.9 Å². The van der Waals surface area contributed by atoms with Crippen molar-refractivity contribution in [1.82, 2.24) is 25.3 Å². The molecule has 3 aromatic rings. The maximum absolute atomic E-state index is 11.9. The molecule has 0 unspecified atom stereocenters. The Bertz CT molecular complexity index is 823. The van der Waals surface area contributed by atoms with Gasteiger partial charge in [0, 0.05) is 26.4 Å². The minimum absolute atomic E-state index is 0.0463. The zero-order valence-corrected chi connectivity index (χ0v) is 13.7.